The van der Waals surface area contributed by atoms with Gasteiger partial charge in [0.15, 0.2) is 0 Å². The molecule has 196 valence electrons. The Morgan fingerprint density at radius 3 is 2.38 bits per heavy atom. The highest BCUT2D eigenvalue weighted by Crippen LogP contribution is 2.45. The lowest BCUT2D eigenvalue weighted by Crippen LogP contribution is -2.35. The molecule has 1 aliphatic carbocycles. The molecule has 5 aromatic rings. The van der Waals surface area contributed by atoms with Gasteiger partial charge in [0, 0.05) is 35.6 Å². The van der Waals surface area contributed by atoms with Gasteiger partial charge < -0.3 is 20.0 Å². The molecule has 2 aromatic heterocycles. The number of aromatic amines is 1. The van der Waals surface area contributed by atoms with Crippen LogP contribution in [0, 0.1) is 18.6 Å². The second-order valence-electron chi connectivity index (χ2n) is 9.84. The quantitative estimate of drug-likeness (QED) is 0.238. The van der Waals surface area contributed by atoms with E-state index in [9.17, 15) is 14.0 Å². The van der Waals surface area contributed by atoms with E-state index in [-0.39, 0.29) is 33.8 Å². The van der Waals surface area contributed by atoms with Crippen molar-refractivity contribution >= 4 is 22.8 Å². The van der Waals surface area contributed by atoms with Crippen LogP contribution in [0.1, 0.15) is 44.8 Å². The van der Waals surface area contributed by atoms with Crippen LogP contribution in [0.15, 0.2) is 77.3 Å². The standard InChI is InChI=1S/C31H25F2N3O3/c1-17-5-6-19(29(37)36-31(13-14-31)24-4-3-15-35-24)16-22(17)21-11-12-23-25(27(21)33)26(30(38)34-2)28(39-23)18-7-9-20(32)10-8-18/h3-12,15-16,35H,13-14H2,1-2H3,(H,34,38)(H,36,37). The summed E-state index contributed by atoms with van der Waals surface area (Å²) in [7, 11) is 1.45. The number of hydrogen-bond acceptors (Lipinski definition) is 3. The number of fused-ring (bicyclic) bond motifs is 1. The first-order valence-electron chi connectivity index (χ1n) is 12.6. The summed E-state index contributed by atoms with van der Waals surface area (Å²) in [6, 6.07) is 17.6. The Kier molecular flexibility index (Phi) is 5.83. The number of aryl methyl sites for hydroxylation is 1. The van der Waals surface area contributed by atoms with E-state index in [2.05, 4.69) is 15.6 Å². The van der Waals surface area contributed by atoms with Crippen LogP contribution < -0.4 is 10.6 Å². The third-order valence-electron chi connectivity index (χ3n) is 7.36. The number of amides is 2. The van der Waals surface area contributed by atoms with Crippen LogP contribution in [-0.2, 0) is 5.54 Å². The van der Waals surface area contributed by atoms with Gasteiger partial charge in [-0.2, -0.15) is 0 Å². The van der Waals surface area contributed by atoms with Crippen molar-refractivity contribution < 1.29 is 22.8 Å². The van der Waals surface area contributed by atoms with E-state index in [1.165, 1.54) is 31.3 Å². The van der Waals surface area contributed by atoms with Crippen LogP contribution in [0.3, 0.4) is 0 Å². The number of H-pyrrole nitrogens is 1. The first-order chi connectivity index (χ1) is 18.8. The smallest absolute Gasteiger partial charge is 0.255 e. The molecule has 8 heteroatoms. The number of carbonyl (C=O) groups excluding carboxylic acids is 2. The Morgan fingerprint density at radius 1 is 0.949 bits per heavy atom. The summed E-state index contributed by atoms with van der Waals surface area (Å²) in [5.74, 6) is -1.73. The van der Waals surface area contributed by atoms with Crippen molar-refractivity contribution in [3.63, 3.8) is 0 Å². The molecule has 1 fully saturated rings. The van der Waals surface area contributed by atoms with Crippen molar-refractivity contribution in [3.05, 3.63) is 107 Å². The van der Waals surface area contributed by atoms with E-state index in [1.807, 2.05) is 25.3 Å². The molecule has 0 aliphatic heterocycles. The average molecular weight is 526 g/mol. The molecule has 0 unspecified atom stereocenters. The van der Waals surface area contributed by atoms with Crippen LogP contribution >= 0.6 is 0 Å². The van der Waals surface area contributed by atoms with Gasteiger partial charge in [-0.3, -0.25) is 9.59 Å². The molecular formula is C31H25F2N3O3. The van der Waals surface area contributed by atoms with Crippen LogP contribution in [-0.4, -0.2) is 23.8 Å². The van der Waals surface area contributed by atoms with Gasteiger partial charge in [-0.25, -0.2) is 8.78 Å². The Morgan fingerprint density at radius 2 is 1.72 bits per heavy atom. The second kappa shape index (κ2) is 9.23. The zero-order valence-electron chi connectivity index (χ0n) is 21.3. The van der Waals surface area contributed by atoms with E-state index in [0.29, 0.717) is 16.7 Å². The molecule has 2 heterocycles. The van der Waals surface area contributed by atoms with Gasteiger partial charge >= 0.3 is 0 Å². The maximum atomic E-state index is 16.3. The summed E-state index contributed by atoms with van der Waals surface area (Å²) >= 11 is 0. The van der Waals surface area contributed by atoms with Crippen molar-refractivity contribution in [2.45, 2.75) is 25.3 Å². The summed E-state index contributed by atoms with van der Waals surface area (Å²) in [5.41, 5.74) is 3.12. The number of hydrogen-bond donors (Lipinski definition) is 3. The molecule has 0 radical (unpaired) electrons. The molecule has 1 aliphatic rings. The molecule has 0 bridgehead atoms. The number of rotatable bonds is 6. The van der Waals surface area contributed by atoms with Gasteiger partial charge in [-0.1, -0.05) is 6.07 Å². The van der Waals surface area contributed by atoms with E-state index < -0.39 is 23.1 Å². The van der Waals surface area contributed by atoms with Gasteiger partial charge in [0.05, 0.1) is 16.5 Å². The monoisotopic (exact) mass is 525 g/mol. The number of carbonyl (C=O) groups is 2. The lowest BCUT2D eigenvalue weighted by molar-refractivity contribution is 0.0928. The normalized spacial score (nSPS) is 13.8. The summed E-state index contributed by atoms with van der Waals surface area (Å²) < 4.78 is 35.7. The maximum absolute atomic E-state index is 16.3. The number of nitrogens with one attached hydrogen (secondary N) is 3. The van der Waals surface area contributed by atoms with Gasteiger partial charge in [0.25, 0.3) is 11.8 Å². The zero-order chi connectivity index (χ0) is 27.3. The fourth-order valence-electron chi connectivity index (χ4n) is 5.06. The molecule has 6 nitrogen and oxygen atoms in total. The second-order valence-corrected chi connectivity index (χ2v) is 9.84. The minimum atomic E-state index is -0.645. The highest BCUT2D eigenvalue weighted by Gasteiger charge is 2.46. The fourth-order valence-corrected chi connectivity index (χ4v) is 5.06. The van der Waals surface area contributed by atoms with Crippen molar-refractivity contribution in [2.24, 2.45) is 0 Å². The number of aromatic nitrogens is 1. The Labute approximate surface area is 223 Å². The van der Waals surface area contributed by atoms with E-state index in [1.54, 1.807) is 30.3 Å². The van der Waals surface area contributed by atoms with Gasteiger partial charge in [-0.05, 0) is 91.6 Å². The molecular weight excluding hydrogens is 500 g/mol. The predicted octanol–water partition coefficient (Wildman–Crippen LogP) is 6.46. The fraction of sp³-hybridized carbons (Fsp3) is 0.161. The molecule has 0 spiro atoms. The molecule has 0 saturated heterocycles. The molecule has 39 heavy (non-hydrogen) atoms. The molecule has 3 N–H and O–H groups in total. The van der Waals surface area contributed by atoms with Crippen LogP contribution in [0.2, 0.25) is 0 Å². The van der Waals surface area contributed by atoms with Crippen molar-refractivity contribution in [1.82, 2.24) is 15.6 Å². The third kappa shape index (κ3) is 4.18. The van der Waals surface area contributed by atoms with Gasteiger partial charge in [0.2, 0.25) is 0 Å². The third-order valence-corrected chi connectivity index (χ3v) is 7.36. The van der Waals surface area contributed by atoms with E-state index >= 15 is 4.39 Å². The predicted molar refractivity (Wildman–Crippen MR) is 144 cm³/mol. The lowest BCUT2D eigenvalue weighted by Gasteiger charge is -2.17. The molecule has 6 rings (SSSR count). The minimum Gasteiger partial charge on any atom is -0.455 e. The van der Waals surface area contributed by atoms with Crippen LogP contribution in [0.25, 0.3) is 33.4 Å². The summed E-state index contributed by atoms with van der Waals surface area (Å²) in [5, 5.41) is 5.69. The zero-order valence-corrected chi connectivity index (χ0v) is 21.3. The van der Waals surface area contributed by atoms with Gasteiger partial charge in [0.1, 0.15) is 23.0 Å². The largest absolute Gasteiger partial charge is 0.455 e. The Balaban J connectivity index is 1.44. The molecule has 3 aromatic carbocycles. The number of furan rings is 1. The molecule has 2 amide bonds. The van der Waals surface area contributed by atoms with Crippen molar-refractivity contribution in [2.75, 3.05) is 7.05 Å². The Bertz CT molecular complexity index is 1730. The molecule has 0 atom stereocenters. The minimum absolute atomic E-state index is 0.0177. The molecule has 1 saturated carbocycles. The Hall–Kier alpha value is -4.72. The lowest BCUT2D eigenvalue weighted by atomic mass is 9.94. The van der Waals surface area contributed by atoms with E-state index in [4.69, 9.17) is 4.42 Å². The topological polar surface area (TPSA) is 87.1 Å². The summed E-state index contributed by atoms with van der Waals surface area (Å²) in [4.78, 5) is 29.3. The van der Waals surface area contributed by atoms with Crippen LogP contribution in [0.5, 0.6) is 0 Å². The number of benzene rings is 3. The van der Waals surface area contributed by atoms with Gasteiger partial charge in [-0.15, -0.1) is 0 Å². The van der Waals surface area contributed by atoms with Crippen molar-refractivity contribution in [1.29, 1.82) is 0 Å². The van der Waals surface area contributed by atoms with Crippen molar-refractivity contribution in [3.8, 4) is 22.5 Å². The first-order valence-corrected chi connectivity index (χ1v) is 12.6. The first kappa shape index (κ1) is 24.6. The number of halogens is 2. The highest BCUT2D eigenvalue weighted by atomic mass is 19.1. The van der Waals surface area contributed by atoms with E-state index in [0.717, 1.165) is 24.1 Å². The SMILES string of the molecule is CNC(=O)c1c(-c2ccc(F)cc2)oc2ccc(-c3cc(C(=O)NC4(c5ccc[nH]5)CC4)ccc3C)c(F)c12. The average Bonchev–Trinajstić information content (AvgIpc) is 3.33. The van der Waals surface area contributed by atoms with Crippen LogP contribution in [0.4, 0.5) is 8.78 Å². The maximum Gasteiger partial charge on any atom is 0.255 e. The highest BCUT2D eigenvalue weighted by molar-refractivity contribution is 6.12. The summed E-state index contributed by atoms with van der Waals surface area (Å²) in [6.45, 7) is 1.83. The summed E-state index contributed by atoms with van der Waals surface area (Å²) in [6.07, 6.45) is 3.50.